The van der Waals surface area contributed by atoms with Gasteiger partial charge in [0, 0.05) is 0 Å². The molecule has 17 heavy (non-hydrogen) atoms. The maximum Gasteiger partial charge on any atom is 0.153 e. The molecule has 3 nitrogen and oxygen atoms in total. The highest BCUT2D eigenvalue weighted by atomic mass is 32.2. The molecule has 0 aliphatic carbocycles. The van der Waals surface area contributed by atoms with Crippen LogP contribution in [0.3, 0.4) is 0 Å². The summed E-state index contributed by atoms with van der Waals surface area (Å²) in [5.74, 6) is 1.09. The molecule has 0 spiro atoms. The van der Waals surface area contributed by atoms with E-state index >= 15 is 0 Å². The summed E-state index contributed by atoms with van der Waals surface area (Å²) in [6.07, 6.45) is 2.80. The van der Waals surface area contributed by atoms with Gasteiger partial charge in [0.15, 0.2) is 9.84 Å². The summed E-state index contributed by atoms with van der Waals surface area (Å²) in [5.41, 5.74) is 0. The first-order valence-electron chi connectivity index (χ1n) is 5.63. The van der Waals surface area contributed by atoms with Gasteiger partial charge in [0.25, 0.3) is 0 Å². The molecule has 0 bridgehead atoms. The Bertz CT molecular complexity index is 423. The highest BCUT2D eigenvalue weighted by molar-refractivity contribution is 7.91. The van der Waals surface area contributed by atoms with Gasteiger partial charge in [0.2, 0.25) is 0 Å². The van der Waals surface area contributed by atoms with Crippen molar-refractivity contribution >= 4 is 9.84 Å². The van der Waals surface area contributed by atoms with Crippen LogP contribution in [0.4, 0.5) is 0 Å². The Kier molecular flexibility index (Phi) is 5.77. The van der Waals surface area contributed by atoms with Gasteiger partial charge in [-0.25, -0.2) is 8.42 Å². The molecule has 0 unspecified atom stereocenters. The number of unbranched alkanes of at least 4 members (excludes halogenated alkanes) is 1. The predicted octanol–water partition coefficient (Wildman–Crippen LogP) is 2.45. The van der Waals surface area contributed by atoms with Crippen molar-refractivity contribution in [2.24, 2.45) is 0 Å². The molecule has 0 amide bonds. The van der Waals surface area contributed by atoms with Crippen molar-refractivity contribution in [3.63, 3.8) is 0 Å². The van der Waals surface area contributed by atoms with Crippen LogP contribution in [0.1, 0.15) is 12.8 Å². The SMILES string of the molecule is C=CCS(=O)(=O)CCCCOc1ccccc1. The van der Waals surface area contributed by atoms with Gasteiger partial charge in [-0.2, -0.15) is 0 Å². The van der Waals surface area contributed by atoms with Crippen LogP contribution in [0.25, 0.3) is 0 Å². The highest BCUT2D eigenvalue weighted by Gasteiger charge is 2.07. The third-order valence-electron chi connectivity index (χ3n) is 2.23. The number of hydrogen-bond donors (Lipinski definition) is 0. The van der Waals surface area contributed by atoms with Crippen molar-refractivity contribution < 1.29 is 13.2 Å². The Morgan fingerprint density at radius 1 is 1.18 bits per heavy atom. The number of hydrogen-bond acceptors (Lipinski definition) is 3. The largest absolute Gasteiger partial charge is 0.494 e. The van der Waals surface area contributed by atoms with E-state index < -0.39 is 9.84 Å². The van der Waals surface area contributed by atoms with Gasteiger partial charge in [-0.05, 0) is 25.0 Å². The van der Waals surface area contributed by atoms with Gasteiger partial charge < -0.3 is 4.74 Å². The Balaban J connectivity index is 2.15. The van der Waals surface area contributed by atoms with Crippen LogP contribution in [0.2, 0.25) is 0 Å². The fourth-order valence-electron chi connectivity index (χ4n) is 1.39. The fourth-order valence-corrected chi connectivity index (χ4v) is 2.56. The van der Waals surface area contributed by atoms with Crippen LogP contribution in [-0.2, 0) is 9.84 Å². The zero-order valence-electron chi connectivity index (χ0n) is 9.84. The molecule has 0 fully saturated rings. The molecule has 0 N–H and O–H groups in total. The summed E-state index contributed by atoms with van der Waals surface area (Å²) in [6.45, 7) is 3.98. The molecule has 1 aromatic carbocycles. The van der Waals surface area contributed by atoms with Gasteiger partial charge in [-0.15, -0.1) is 6.58 Å². The minimum atomic E-state index is -2.95. The zero-order chi connectivity index (χ0) is 12.6. The molecule has 0 aliphatic heterocycles. The van der Waals surface area contributed by atoms with E-state index in [4.69, 9.17) is 4.74 Å². The van der Waals surface area contributed by atoms with Crippen LogP contribution in [0, 0.1) is 0 Å². The molecular formula is C13H18O3S. The topological polar surface area (TPSA) is 43.4 Å². The summed E-state index contributed by atoms with van der Waals surface area (Å²) in [5, 5.41) is 0. The molecule has 0 heterocycles. The first-order valence-corrected chi connectivity index (χ1v) is 7.45. The maximum absolute atomic E-state index is 11.4. The normalized spacial score (nSPS) is 11.1. The van der Waals surface area contributed by atoms with Gasteiger partial charge in [0.05, 0.1) is 18.1 Å². The fraction of sp³-hybridized carbons (Fsp3) is 0.385. The Morgan fingerprint density at radius 3 is 2.53 bits per heavy atom. The Hall–Kier alpha value is -1.29. The van der Waals surface area contributed by atoms with E-state index in [2.05, 4.69) is 6.58 Å². The molecule has 1 aromatic rings. The first-order chi connectivity index (χ1) is 8.14. The molecule has 0 saturated carbocycles. The highest BCUT2D eigenvalue weighted by Crippen LogP contribution is 2.09. The number of ether oxygens (including phenoxy) is 1. The summed E-state index contributed by atoms with van der Waals surface area (Å²) >= 11 is 0. The molecule has 4 heteroatoms. The van der Waals surface area contributed by atoms with Gasteiger partial charge in [-0.3, -0.25) is 0 Å². The number of para-hydroxylation sites is 1. The van der Waals surface area contributed by atoms with Crippen molar-refractivity contribution in [2.75, 3.05) is 18.1 Å². The zero-order valence-corrected chi connectivity index (χ0v) is 10.7. The molecule has 0 radical (unpaired) electrons. The second-order valence-electron chi connectivity index (χ2n) is 3.77. The molecule has 94 valence electrons. The van der Waals surface area contributed by atoms with E-state index in [-0.39, 0.29) is 11.5 Å². The third-order valence-corrected chi connectivity index (χ3v) is 3.89. The lowest BCUT2D eigenvalue weighted by atomic mass is 10.3. The molecule has 0 atom stereocenters. The maximum atomic E-state index is 11.4. The second kappa shape index (κ2) is 7.12. The van der Waals surface area contributed by atoms with E-state index in [0.717, 1.165) is 12.2 Å². The van der Waals surface area contributed by atoms with Gasteiger partial charge >= 0.3 is 0 Å². The van der Waals surface area contributed by atoms with Crippen molar-refractivity contribution in [3.05, 3.63) is 43.0 Å². The Morgan fingerprint density at radius 2 is 1.88 bits per heavy atom. The monoisotopic (exact) mass is 254 g/mol. The quantitative estimate of drug-likeness (QED) is 0.528. The molecule has 0 saturated heterocycles. The summed E-state index contributed by atoms with van der Waals surface area (Å²) in [4.78, 5) is 0. The van der Waals surface area contributed by atoms with Crippen LogP contribution < -0.4 is 4.74 Å². The minimum Gasteiger partial charge on any atom is -0.494 e. The lowest BCUT2D eigenvalue weighted by molar-refractivity contribution is 0.309. The molecular weight excluding hydrogens is 236 g/mol. The van der Waals surface area contributed by atoms with Crippen LogP contribution >= 0.6 is 0 Å². The van der Waals surface area contributed by atoms with Crippen molar-refractivity contribution in [1.29, 1.82) is 0 Å². The number of sulfone groups is 1. The summed E-state index contributed by atoms with van der Waals surface area (Å²) in [7, 11) is -2.95. The average molecular weight is 254 g/mol. The summed E-state index contributed by atoms with van der Waals surface area (Å²) in [6, 6.07) is 9.51. The van der Waals surface area contributed by atoms with E-state index in [0.29, 0.717) is 13.0 Å². The standard InChI is InChI=1S/C13H18O3S/c1-2-11-17(14,15)12-7-6-10-16-13-8-4-3-5-9-13/h2-5,8-9H,1,6-7,10-12H2. The first kappa shape index (κ1) is 13.8. The van der Waals surface area contributed by atoms with E-state index in [1.807, 2.05) is 30.3 Å². The third kappa shape index (κ3) is 6.12. The Labute approximate surface area is 103 Å². The predicted molar refractivity (Wildman–Crippen MR) is 70.0 cm³/mol. The average Bonchev–Trinajstić information content (AvgIpc) is 2.30. The van der Waals surface area contributed by atoms with Crippen LogP contribution in [0.5, 0.6) is 5.75 Å². The second-order valence-corrected chi connectivity index (χ2v) is 6.00. The molecule has 0 aliphatic rings. The van der Waals surface area contributed by atoms with E-state index in [1.165, 1.54) is 6.08 Å². The minimum absolute atomic E-state index is 0.0620. The molecule has 0 aromatic heterocycles. The smallest absolute Gasteiger partial charge is 0.153 e. The number of rotatable bonds is 8. The summed E-state index contributed by atoms with van der Waals surface area (Å²) < 4.78 is 28.2. The van der Waals surface area contributed by atoms with E-state index in [9.17, 15) is 8.42 Å². The van der Waals surface area contributed by atoms with Crippen molar-refractivity contribution in [3.8, 4) is 5.75 Å². The lowest BCUT2D eigenvalue weighted by Gasteiger charge is -2.05. The van der Waals surface area contributed by atoms with Crippen LogP contribution in [0.15, 0.2) is 43.0 Å². The van der Waals surface area contributed by atoms with Gasteiger partial charge in [-0.1, -0.05) is 24.3 Å². The molecule has 1 rings (SSSR count). The van der Waals surface area contributed by atoms with Crippen molar-refractivity contribution in [1.82, 2.24) is 0 Å². The van der Waals surface area contributed by atoms with Crippen molar-refractivity contribution in [2.45, 2.75) is 12.8 Å². The van der Waals surface area contributed by atoms with E-state index in [1.54, 1.807) is 0 Å². The van der Waals surface area contributed by atoms with Gasteiger partial charge in [0.1, 0.15) is 5.75 Å². The van der Waals surface area contributed by atoms with Crippen LogP contribution in [-0.4, -0.2) is 26.5 Å². The number of benzene rings is 1. The lowest BCUT2D eigenvalue weighted by Crippen LogP contribution is -2.10.